The van der Waals surface area contributed by atoms with Crippen LogP contribution in [0, 0.1) is 0 Å². The van der Waals surface area contributed by atoms with Gasteiger partial charge in [0.05, 0.1) is 11.7 Å². The van der Waals surface area contributed by atoms with E-state index in [1.54, 1.807) is 11.3 Å². The van der Waals surface area contributed by atoms with Crippen molar-refractivity contribution in [1.29, 1.82) is 0 Å². The first-order chi connectivity index (χ1) is 9.73. The minimum atomic E-state index is 0.164. The van der Waals surface area contributed by atoms with Gasteiger partial charge in [-0.05, 0) is 42.8 Å². The Balaban J connectivity index is 2.24. The number of aromatic nitrogens is 2. The number of nitrogens with zero attached hydrogens (tertiary/aromatic N) is 2. The van der Waals surface area contributed by atoms with Gasteiger partial charge in [-0.1, -0.05) is 13.8 Å². The maximum Gasteiger partial charge on any atom is 0.0624 e. The van der Waals surface area contributed by atoms with Crippen LogP contribution in [0.2, 0.25) is 0 Å². The molecule has 2 aromatic rings. The molecule has 3 N–H and O–H groups in total. The molecule has 0 saturated heterocycles. The Bertz CT molecular complexity index is 544. The lowest BCUT2D eigenvalue weighted by Gasteiger charge is -2.16. The van der Waals surface area contributed by atoms with Gasteiger partial charge in [0.25, 0.3) is 0 Å². The maximum atomic E-state index is 5.79. The summed E-state index contributed by atoms with van der Waals surface area (Å²) in [5, 5.41) is 6.76. The van der Waals surface area contributed by atoms with Crippen LogP contribution in [-0.4, -0.2) is 9.78 Å². The van der Waals surface area contributed by atoms with E-state index in [1.807, 2.05) is 0 Å². The summed E-state index contributed by atoms with van der Waals surface area (Å²) in [6, 6.07) is 4.56. The van der Waals surface area contributed by atoms with E-state index in [-0.39, 0.29) is 6.04 Å². The fourth-order valence-corrected chi connectivity index (χ4v) is 3.57. The Morgan fingerprint density at radius 1 is 1.35 bits per heavy atom. The molecular weight excluding hydrogens is 268 g/mol. The van der Waals surface area contributed by atoms with Crippen molar-refractivity contribution >= 4 is 11.3 Å². The predicted octanol–water partition coefficient (Wildman–Crippen LogP) is 2.84. The molecule has 20 heavy (non-hydrogen) atoms. The molecular formula is C15H24N4S. The maximum absolute atomic E-state index is 5.79. The smallest absolute Gasteiger partial charge is 0.0624 e. The summed E-state index contributed by atoms with van der Waals surface area (Å²) in [5.74, 6) is 5.79. The molecule has 110 valence electrons. The van der Waals surface area contributed by atoms with E-state index in [0.717, 1.165) is 31.5 Å². The zero-order valence-electron chi connectivity index (χ0n) is 12.5. The highest BCUT2D eigenvalue weighted by atomic mass is 32.1. The van der Waals surface area contributed by atoms with Crippen molar-refractivity contribution in [3.8, 4) is 0 Å². The standard InChI is InChI=1S/C15H24N4S/c1-4-11-7-8-20-15(11)14(17-16)10-13-9-12(5-2)18-19(13)6-3/h7-9,14,17H,4-6,10,16H2,1-3H3. The number of rotatable bonds is 7. The average molecular weight is 292 g/mol. The molecule has 0 aromatic carbocycles. The van der Waals surface area contributed by atoms with Crippen LogP contribution in [0.3, 0.4) is 0 Å². The first kappa shape index (κ1) is 15.2. The number of hydrogen-bond donors (Lipinski definition) is 2. The molecule has 0 aliphatic carbocycles. The van der Waals surface area contributed by atoms with E-state index in [0.29, 0.717) is 0 Å². The van der Waals surface area contributed by atoms with Crippen molar-refractivity contribution in [3.05, 3.63) is 39.3 Å². The van der Waals surface area contributed by atoms with Crippen LogP contribution in [0.25, 0.3) is 0 Å². The Morgan fingerprint density at radius 2 is 2.15 bits per heavy atom. The van der Waals surface area contributed by atoms with Crippen molar-refractivity contribution < 1.29 is 0 Å². The monoisotopic (exact) mass is 292 g/mol. The Hall–Kier alpha value is -1.17. The fourth-order valence-electron chi connectivity index (χ4n) is 2.51. The van der Waals surface area contributed by atoms with Crippen LogP contribution in [0.5, 0.6) is 0 Å². The minimum absolute atomic E-state index is 0.164. The fraction of sp³-hybridized carbons (Fsp3) is 0.533. The predicted molar refractivity (Wildman–Crippen MR) is 84.7 cm³/mol. The third kappa shape index (κ3) is 3.11. The van der Waals surface area contributed by atoms with Gasteiger partial charge in [-0.3, -0.25) is 16.0 Å². The van der Waals surface area contributed by atoms with Gasteiger partial charge >= 0.3 is 0 Å². The van der Waals surface area contributed by atoms with Crippen molar-refractivity contribution in [3.63, 3.8) is 0 Å². The molecule has 0 aliphatic heterocycles. The second-order valence-electron chi connectivity index (χ2n) is 4.88. The number of aryl methyl sites for hydroxylation is 3. The van der Waals surface area contributed by atoms with Gasteiger partial charge in [0, 0.05) is 23.5 Å². The van der Waals surface area contributed by atoms with E-state index < -0.39 is 0 Å². The van der Waals surface area contributed by atoms with Crippen molar-refractivity contribution in [1.82, 2.24) is 15.2 Å². The molecule has 0 bridgehead atoms. The number of hydrogen-bond acceptors (Lipinski definition) is 4. The van der Waals surface area contributed by atoms with Crippen LogP contribution in [0.15, 0.2) is 17.5 Å². The van der Waals surface area contributed by atoms with Gasteiger partial charge in [0.1, 0.15) is 0 Å². The number of hydrazine groups is 1. The molecule has 0 saturated carbocycles. The molecule has 2 heterocycles. The molecule has 5 heteroatoms. The van der Waals surface area contributed by atoms with Crippen molar-refractivity contribution in [2.75, 3.05) is 0 Å². The van der Waals surface area contributed by atoms with Crippen LogP contribution in [0.1, 0.15) is 48.6 Å². The van der Waals surface area contributed by atoms with Crippen molar-refractivity contribution in [2.45, 2.75) is 52.6 Å². The highest BCUT2D eigenvalue weighted by Gasteiger charge is 2.18. The second kappa shape index (κ2) is 7.02. The average Bonchev–Trinajstić information content (AvgIpc) is 3.10. The largest absolute Gasteiger partial charge is 0.271 e. The van der Waals surface area contributed by atoms with E-state index >= 15 is 0 Å². The van der Waals surface area contributed by atoms with Gasteiger partial charge < -0.3 is 0 Å². The minimum Gasteiger partial charge on any atom is -0.271 e. The lowest BCUT2D eigenvalue weighted by Crippen LogP contribution is -2.30. The SMILES string of the molecule is CCc1cc(CC(NN)c2sccc2CC)n(CC)n1. The highest BCUT2D eigenvalue weighted by Crippen LogP contribution is 2.27. The second-order valence-corrected chi connectivity index (χ2v) is 5.83. The quantitative estimate of drug-likeness (QED) is 0.609. The van der Waals surface area contributed by atoms with E-state index in [9.17, 15) is 0 Å². The molecule has 2 rings (SSSR count). The van der Waals surface area contributed by atoms with Crippen LogP contribution in [0.4, 0.5) is 0 Å². The third-order valence-corrected chi connectivity index (χ3v) is 4.74. The Morgan fingerprint density at radius 3 is 2.75 bits per heavy atom. The van der Waals surface area contributed by atoms with Crippen LogP contribution >= 0.6 is 11.3 Å². The number of thiophene rings is 1. The van der Waals surface area contributed by atoms with Gasteiger partial charge in [0.2, 0.25) is 0 Å². The molecule has 0 fully saturated rings. The van der Waals surface area contributed by atoms with Gasteiger partial charge in [-0.15, -0.1) is 11.3 Å². The lowest BCUT2D eigenvalue weighted by molar-refractivity contribution is 0.520. The Kier molecular flexibility index (Phi) is 5.34. The summed E-state index contributed by atoms with van der Waals surface area (Å²) in [5.41, 5.74) is 6.77. The summed E-state index contributed by atoms with van der Waals surface area (Å²) in [6.45, 7) is 7.35. The first-order valence-electron chi connectivity index (χ1n) is 7.31. The molecule has 1 atom stereocenters. The summed E-state index contributed by atoms with van der Waals surface area (Å²) in [4.78, 5) is 1.34. The van der Waals surface area contributed by atoms with E-state index in [1.165, 1.54) is 16.1 Å². The number of nitrogens with two attached hydrogens (primary N) is 1. The first-order valence-corrected chi connectivity index (χ1v) is 8.19. The molecule has 0 aliphatic rings. The van der Waals surface area contributed by atoms with Crippen LogP contribution < -0.4 is 11.3 Å². The third-order valence-electron chi connectivity index (χ3n) is 3.67. The Labute approximate surface area is 125 Å². The highest BCUT2D eigenvalue weighted by molar-refractivity contribution is 7.10. The van der Waals surface area contributed by atoms with E-state index in [4.69, 9.17) is 5.84 Å². The molecule has 0 radical (unpaired) electrons. The molecule has 1 unspecified atom stereocenters. The summed E-state index contributed by atoms with van der Waals surface area (Å²) >= 11 is 1.78. The van der Waals surface area contributed by atoms with Gasteiger partial charge in [-0.2, -0.15) is 5.10 Å². The van der Waals surface area contributed by atoms with Gasteiger partial charge in [0.15, 0.2) is 0 Å². The molecule has 0 spiro atoms. The lowest BCUT2D eigenvalue weighted by atomic mass is 10.0. The van der Waals surface area contributed by atoms with Crippen LogP contribution in [-0.2, 0) is 25.8 Å². The van der Waals surface area contributed by atoms with Crippen molar-refractivity contribution in [2.24, 2.45) is 5.84 Å². The summed E-state index contributed by atoms with van der Waals surface area (Å²) in [7, 11) is 0. The summed E-state index contributed by atoms with van der Waals surface area (Å²) < 4.78 is 2.09. The molecule has 4 nitrogen and oxygen atoms in total. The van der Waals surface area contributed by atoms with Gasteiger partial charge in [-0.25, -0.2) is 0 Å². The summed E-state index contributed by atoms with van der Waals surface area (Å²) in [6.07, 6.45) is 2.90. The number of nitrogens with one attached hydrogen (secondary N) is 1. The van der Waals surface area contributed by atoms with E-state index in [2.05, 4.69) is 53.5 Å². The molecule has 0 amide bonds. The zero-order chi connectivity index (χ0) is 14.5. The topological polar surface area (TPSA) is 55.9 Å². The molecule has 2 aromatic heterocycles. The zero-order valence-corrected chi connectivity index (χ0v) is 13.3. The normalized spacial score (nSPS) is 12.8.